The van der Waals surface area contributed by atoms with Gasteiger partial charge < -0.3 is 10.5 Å². The van der Waals surface area contributed by atoms with E-state index in [9.17, 15) is 0 Å². The smallest absolute Gasteiger partial charge is 0.137 e. The van der Waals surface area contributed by atoms with E-state index in [0.29, 0.717) is 23.9 Å². The lowest BCUT2D eigenvalue weighted by Crippen LogP contribution is -2.01. The molecular formula is C15H17ClN2O. The van der Waals surface area contributed by atoms with Crippen molar-refractivity contribution >= 4 is 11.6 Å². The maximum absolute atomic E-state index is 6.12. The maximum atomic E-state index is 6.12. The summed E-state index contributed by atoms with van der Waals surface area (Å²) in [5.74, 6) is 0.716. The molecule has 0 unspecified atom stereocenters. The highest BCUT2D eigenvalue weighted by Crippen LogP contribution is 2.25. The minimum Gasteiger partial charge on any atom is -0.492 e. The van der Waals surface area contributed by atoms with Crippen LogP contribution in [0.2, 0.25) is 5.02 Å². The van der Waals surface area contributed by atoms with E-state index < -0.39 is 0 Å². The normalized spacial score (nSPS) is 10.4. The number of aryl methyl sites for hydroxylation is 1. The zero-order valence-electron chi connectivity index (χ0n) is 10.7. The minimum atomic E-state index is 0.488. The highest BCUT2D eigenvalue weighted by Gasteiger charge is 2.02. The van der Waals surface area contributed by atoms with Crippen LogP contribution in [0.5, 0.6) is 5.75 Å². The first-order chi connectivity index (χ1) is 9.29. The molecule has 100 valence electrons. The number of benzene rings is 1. The first-order valence-corrected chi connectivity index (χ1v) is 6.67. The summed E-state index contributed by atoms with van der Waals surface area (Å²) >= 11 is 6.12. The molecule has 0 saturated carbocycles. The number of rotatable bonds is 6. The molecule has 2 aromatic rings. The van der Waals surface area contributed by atoms with Crippen molar-refractivity contribution in [1.29, 1.82) is 0 Å². The lowest BCUT2D eigenvalue weighted by atomic mass is 10.1. The first-order valence-electron chi connectivity index (χ1n) is 6.30. The van der Waals surface area contributed by atoms with Gasteiger partial charge in [-0.2, -0.15) is 0 Å². The van der Waals surface area contributed by atoms with Gasteiger partial charge in [-0.25, -0.2) is 0 Å². The Morgan fingerprint density at radius 3 is 2.58 bits per heavy atom. The molecule has 2 N–H and O–H groups in total. The number of nitrogens with two attached hydrogens (primary N) is 1. The summed E-state index contributed by atoms with van der Waals surface area (Å²) in [6.45, 7) is 1.13. The maximum Gasteiger partial charge on any atom is 0.137 e. The summed E-state index contributed by atoms with van der Waals surface area (Å²) in [5, 5.41) is 0.617. The predicted molar refractivity (Wildman–Crippen MR) is 77.4 cm³/mol. The van der Waals surface area contributed by atoms with Crippen molar-refractivity contribution in [2.45, 2.75) is 19.4 Å². The molecule has 4 heteroatoms. The Hall–Kier alpha value is -1.58. The van der Waals surface area contributed by atoms with Crippen LogP contribution < -0.4 is 10.5 Å². The fourth-order valence-electron chi connectivity index (χ4n) is 1.80. The van der Waals surface area contributed by atoms with Gasteiger partial charge in [0.15, 0.2) is 0 Å². The van der Waals surface area contributed by atoms with Gasteiger partial charge in [-0.1, -0.05) is 17.7 Å². The third kappa shape index (κ3) is 4.23. The van der Waals surface area contributed by atoms with E-state index in [1.807, 2.05) is 30.3 Å². The van der Waals surface area contributed by atoms with E-state index in [4.69, 9.17) is 22.1 Å². The van der Waals surface area contributed by atoms with Crippen molar-refractivity contribution in [2.75, 3.05) is 6.61 Å². The molecule has 1 aromatic heterocycles. The molecule has 2 rings (SSSR count). The van der Waals surface area contributed by atoms with Gasteiger partial charge >= 0.3 is 0 Å². The number of pyridine rings is 1. The molecule has 0 amide bonds. The van der Waals surface area contributed by atoms with Gasteiger partial charge in [0.25, 0.3) is 0 Å². The van der Waals surface area contributed by atoms with Crippen LogP contribution in [0, 0.1) is 0 Å². The lowest BCUT2D eigenvalue weighted by Gasteiger charge is -2.09. The Balaban J connectivity index is 1.80. The summed E-state index contributed by atoms with van der Waals surface area (Å²) in [4.78, 5) is 3.99. The van der Waals surface area contributed by atoms with E-state index in [1.54, 1.807) is 12.4 Å². The summed E-state index contributed by atoms with van der Waals surface area (Å²) in [6.07, 6.45) is 5.53. The van der Waals surface area contributed by atoms with E-state index >= 15 is 0 Å². The second-order valence-electron chi connectivity index (χ2n) is 4.28. The fourth-order valence-corrected chi connectivity index (χ4v) is 2.05. The van der Waals surface area contributed by atoms with E-state index in [0.717, 1.165) is 18.4 Å². The van der Waals surface area contributed by atoms with Crippen LogP contribution in [0.15, 0.2) is 42.7 Å². The van der Waals surface area contributed by atoms with Gasteiger partial charge in [-0.15, -0.1) is 0 Å². The molecule has 0 saturated heterocycles. The third-order valence-corrected chi connectivity index (χ3v) is 3.14. The van der Waals surface area contributed by atoms with Crippen LogP contribution in [0.1, 0.15) is 17.5 Å². The summed E-state index contributed by atoms with van der Waals surface area (Å²) in [5.41, 5.74) is 7.83. The average molecular weight is 277 g/mol. The van der Waals surface area contributed by atoms with Gasteiger partial charge in [-0.3, -0.25) is 4.98 Å². The Morgan fingerprint density at radius 1 is 1.11 bits per heavy atom. The molecule has 19 heavy (non-hydrogen) atoms. The number of aromatic nitrogens is 1. The monoisotopic (exact) mass is 276 g/mol. The van der Waals surface area contributed by atoms with Gasteiger partial charge in [0.05, 0.1) is 11.6 Å². The second-order valence-corrected chi connectivity index (χ2v) is 4.68. The zero-order chi connectivity index (χ0) is 13.5. The van der Waals surface area contributed by atoms with Crippen molar-refractivity contribution in [3.8, 4) is 5.75 Å². The largest absolute Gasteiger partial charge is 0.492 e. The zero-order valence-corrected chi connectivity index (χ0v) is 11.4. The topological polar surface area (TPSA) is 48.1 Å². The summed E-state index contributed by atoms with van der Waals surface area (Å²) in [7, 11) is 0. The molecule has 1 heterocycles. The lowest BCUT2D eigenvalue weighted by molar-refractivity contribution is 0.311. The first kappa shape index (κ1) is 13.8. The van der Waals surface area contributed by atoms with Crippen molar-refractivity contribution < 1.29 is 4.74 Å². The molecule has 0 radical (unpaired) electrons. The highest BCUT2D eigenvalue weighted by molar-refractivity contribution is 6.32. The van der Waals surface area contributed by atoms with Crippen LogP contribution in [-0.2, 0) is 13.0 Å². The van der Waals surface area contributed by atoms with E-state index in [2.05, 4.69) is 4.98 Å². The molecule has 3 nitrogen and oxygen atoms in total. The average Bonchev–Trinajstić information content (AvgIpc) is 2.46. The quantitative estimate of drug-likeness (QED) is 0.824. The van der Waals surface area contributed by atoms with Crippen molar-refractivity contribution in [1.82, 2.24) is 4.98 Å². The van der Waals surface area contributed by atoms with Gasteiger partial charge in [0, 0.05) is 18.9 Å². The Labute approximate surface area is 118 Å². The summed E-state index contributed by atoms with van der Waals surface area (Å²) < 4.78 is 5.67. The minimum absolute atomic E-state index is 0.488. The van der Waals surface area contributed by atoms with E-state index in [1.165, 1.54) is 5.56 Å². The molecule has 0 aliphatic carbocycles. The number of halogens is 1. The van der Waals surface area contributed by atoms with Crippen LogP contribution in [-0.4, -0.2) is 11.6 Å². The molecular weight excluding hydrogens is 260 g/mol. The standard InChI is InChI=1S/C15H17ClN2O/c16-14-10-13(11-17)3-4-15(14)19-9-1-2-12-5-7-18-8-6-12/h3-8,10H,1-2,9,11,17H2. The van der Waals surface area contributed by atoms with Gasteiger partial charge in [0.1, 0.15) is 5.75 Å². The van der Waals surface area contributed by atoms with E-state index in [-0.39, 0.29) is 0 Å². The Bertz CT molecular complexity index is 517. The SMILES string of the molecule is NCc1ccc(OCCCc2ccncc2)c(Cl)c1. The van der Waals surface area contributed by atoms with Crippen molar-refractivity contribution in [3.63, 3.8) is 0 Å². The van der Waals surface area contributed by atoms with Crippen LogP contribution in [0.4, 0.5) is 0 Å². The fraction of sp³-hybridized carbons (Fsp3) is 0.267. The molecule has 0 bridgehead atoms. The van der Waals surface area contributed by atoms with Crippen LogP contribution in [0.3, 0.4) is 0 Å². The number of ether oxygens (including phenoxy) is 1. The highest BCUT2D eigenvalue weighted by atomic mass is 35.5. The van der Waals surface area contributed by atoms with Gasteiger partial charge in [0.2, 0.25) is 0 Å². The number of hydrogen-bond acceptors (Lipinski definition) is 3. The molecule has 0 fully saturated rings. The molecule has 0 atom stereocenters. The molecule has 1 aromatic carbocycles. The Kier molecular flexibility index (Phi) is 5.19. The van der Waals surface area contributed by atoms with Crippen LogP contribution >= 0.6 is 11.6 Å². The number of nitrogens with zero attached hydrogens (tertiary/aromatic N) is 1. The third-order valence-electron chi connectivity index (χ3n) is 2.85. The molecule has 0 spiro atoms. The van der Waals surface area contributed by atoms with Crippen LogP contribution in [0.25, 0.3) is 0 Å². The van der Waals surface area contributed by atoms with Crippen molar-refractivity contribution in [2.24, 2.45) is 5.73 Å². The molecule has 0 aliphatic rings. The predicted octanol–water partition coefficient (Wildman–Crippen LogP) is 3.21. The summed E-state index contributed by atoms with van der Waals surface area (Å²) in [6, 6.07) is 9.69. The Morgan fingerprint density at radius 2 is 1.89 bits per heavy atom. The molecule has 0 aliphatic heterocycles. The second kappa shape index (κ2) is 7.12. The number of hydrogen-bond donors (Lipinski definition) is 1. The van der Waals surface area contributed by atoms with Crippen molar-refractivity contribution in [3.05, 3.63) is 58.9 Å². The van der Waals surface area contributed by atoms with Gasteiger partial charge in [-0.05, 0) is 48.2 Å².